The van der Waals surface area contributed by atoms with Crippen molar-refractivity contribution in [3.05, 3.63) is 0 Å². The maximum absolute atomic E-state index is 5.75. The smallest absolute Gasteiger partial charge is 0.00155 e. The molecular formula is C9H19N. The topological polar surface area (TPSA) is 26.0 Å². The van der Waals surface area contributed by atoms with Crippen LogP contribution >= 0.6 is 0 Å². The third-order valence-electron chi connectivity index (χ3n) is 3.29. The predicted octanol–water partition coefficient (Wildman–Crippen LogP) is 2.16. The van der Waals surface area contributed by atoms with Gasteiger partial charge in [0.2, 0.25) is 0 Å². The van der Waals surface area contributed by atoms with Crippen molar-refractivity contribution in [2.75, 3.05) is 6.54 Å². The van der Waals surface area contributed by atoms with E-state index in [2.05, 4.69) is 20.8 Å². The summed E-state index contributed by atoms with van der Waals surface area (Å²) < 4.78 is 0. The van der Waals surface area contributed by atoms with Gasteiger partial charge in [-0.3, -0.25) is 0 Å². The van der Waals surface area contributed by atoms with Crippen LogP contribution in [0.5, 0.6) is 0 Å². The van der Waals surface area contributed by atoms with Crippen LogP contribution in [0.2, 0.25) is 0 Å². The summed E-state index contributed by atoms with van der Waals surface area (Å²) in [5, 5.41) is 0. The summed E-state index contributed by atoms with van der Waals surface area (Å²) in [5.41, 5.74) is 6.65. The highest BCUT2D eigenvalue weighted by molar-refractivity contribution is 4.97. The quantitative estimate of drug-likeness (QED) is 0.595. The number of hydrogen-bond acceptors (Lipinski definition) is 1. The van der Waals surface area contributed by atoms with E-state index < -0.39 is 0 Å². The van der Waals surface area contributed by atoms with Crippen molar-refractivity contribution in [1.29, 1.82) is 0 Å². The molecule has 0 heterocycles. The van der Waals surface area contributed by atoms with E-state index in [1.807, 2.05) is 0 Å². The van der Waals surface area contributed by atoms with Gasteiger partial charge in [-0.2, -0.15) is 0 Å². The SMILES string of the molecule is CC(C)(C)C1(CN)CCC1. The van der Waals surface area contributed by atoms with E-state index in [1.165, 1.54) is 19.3 Å². The Balaban J connectivity index is 2.65. The zero-order chi connectivity index (χ0) is 7.83. The van der Waals surface area contributed by atoms with Crippen molar-refractivity contribution < 1.29 is 0 Å². The van der Waals surface area contributed by atoms with Gasteiger partial charge < -0.3 is 5.73 Å². The molecule has 0 atom stereocenters. The zero-order valence-corrected chi connectivity index (χ0v) is 7.41. The molecule has 0 saturated heterocycles. The molecule has 1 nitrogen and oxygen atoms in total. The van der Waals surface area contributed by atoms with Crippen molar-refractivity contribution in [3.63, 3.8) is 0 Å². The summed E-state index contributed by atoms with van der Waals surface area (Å²) in [6.07, 6.45) is 4.06. The van der Waals surface area contributed by atoms with Crippen LogP contribution in [0.15, 0.2) is 0 Å². The van der Waals surface area contributed by atoms with Gasteiger partial charge in [0.1, 0.15) is 0 Å². The first-order valence-corrected chi connectivity index (χ1v) is 4.22. The summed E-state index contributed by atoms with van der Waals surface area (Å²) in [5.74, 6) is 0. The largest absolute Gasteiger partial charge is 0.330 e. The van der Waals surface area contributed by atoms with Crippen LogP contribution in [0.4, 0.5) is 0 Å². The van der Waals surface area contributed by atoms with Gasteiger partial charge >= 0.3 is 0 Å². The van der Waals surface area contributed by atoms with Gasteiger partial charge in [0, 0.05) is 0 Å². The van der Waals surface area contributed by atoms with Gasteiger partial charge in [-0.05, 0) is 30.2 Å². The lowest BCUT2D eigenvalue weighted by atomic mass is 9.55. The fourth-order valence-electron chi connectivity index (χ4n) is 1.86. The van der Waals surface area contributed by atoms with E-state index in [0.717, 1.165) is 6.54 Å². The van der Waals surface area contributed by atoms with Crippen molar-refractivity contribution in [2.24, 2.45) is 16.6 Å². The van der Waals surface area contributed by atoms with E-state index >= 15 is 0 Å². The highest BCUT2D eigenvalue weighted by Gasteiger charge is 2.45. The van der Waals surface area contributed by atoms with Crippen molar-refractivity contribution >= 4 is 0 Å². The minimum absolute atomic E-state index is 0.417. The molecule has 1 heteroatoms. The highest BCUT2D eigenvalue weighted by Crippen LogP contribution is 2.52. The molecule has 1 saturated carbocycles. The predicted molar refractivity (Wildman–Crippen MR) is 44.8 cm³/mol. The van der Waals surface area contributed by atoms with Gasteiger partial charge in [0.05, 0.1) is 0 Å². The number of rotatable bonds is 1. The van der Waals surface area contributed by atoms with E-state index in [0.29, 0.717) is 10.8 Å². The third kappa shape index (κ3) is 0.968. The Morgan fingerprint density at radius 2 is 1.80 bits per heavy atom. The third-order valence-corrected chi connectivity index (χ3v) is 3.29. The Morgan fingerprint density at radius 1 is 1.30 bits per heavy atom. The summed E-state index contributed by atoms with van der Waals surface area (Å²) in [7, 11) is 0. The Hall–Kier alpha value is -0.0400. The van der Waals surface area contributed by atoms with E-state index in [9.17, 15) is 0 Å². The van der Waals surface area contributed by atoms with Crippen LogP contribution < -0.4 is 5.73 Å². The molecule has 0 amide bonds. The molecule has 0 spiro atoms. The molecule has 1 rings (SSSR count). The fourth-order valence-corrected chi connectivity index (χ4v) is 1.86. The van der Waals surface area contributed by atoms with Crippen LogP contribution in [0.25, 0.3) is 0 Å². The normalized spacial score (nSPS) is 24.0. The average Bonchev–Trinajstić information content (AvgIpc) is 1.58. The van der Waals surface area contributed by atoms with Crippen LogP contribution in [0.1, 0.15) is 40.0 Å². The summed E-state index contributed by atoms with van der Waals surface area (Å²) in [6.45, 7) is 7.79. The molecule has 0 aliphatic heterocycles. The second kappa shape index (κ2) is 2.23. The minimum Gasteiger partial charge on any atom is -0.330 e. The first-order chi connectivity index (χ1) is 4.52. The number of nitrogens with two attached hydrogens (primary N) is 1. The summed E-state index contributed by atoms with van der Waals surface area (Å²) in [6, 6.07) is 0. The van der Waals surface area contributed by atoms with Gasteiger partial charge in [-0.15, -0.1) is 0 Å². The minimum atomic E-state index is 0.417. The highest BCUT2D eigenvalue weighted by atomic mass is 14.7. The Kier molecular flexibility index (Phi) is 1.80. The Morgan fingerprint density at radius 3 is 1.80 bits per heavy atom. The van der Waals surface area contributed by atoms with Gasteiger partial charge in [0.15, 0.2) is 0 Å². The molecule has 0 aromatic heterocycles. The summed E-state index contributed by atoms with van der Waals surface area (Å²) >= 11 is 0. The molecule has 10 heavy (non-hydrogen) atoms. The van der Waals surface area contributed by atoms with E-state index in [4.69, 9.17) is 5.73 Å². The maximum atomic E-state index is 5.75. The fraction of sp³-hybridized carbons (Fsp3) is 1.00. The van der Waals surface area contributed by atoms with E-state index in [1.54, 1.807) is 0 Å². The molecule has 0 aromatic rings. The maximum Gasteiger partial charge on any atom is -0.00155 e. The molecule has 0 unspecified atom stereocenters. The lowest BCUT2D eigenvalue weighted by Gasteiger charge is -2.51. The lowest BCUT2D eigenvalue weighted by molar-refractivity contribution is 0.00677. The monoisotopic (exact) mass is 141 g/mol. The summed E-state index contributed by atoms with van der Waals surface area (Å²) in [4.78, 5) is 0. The molecule has 1 aliphatic rings. The molecule has 0 radical (unpaired) electrons. The molecule has 1 fully saturated rings. The molecule has 60 valence electrons. The molecule has 0 bridgehead atoms. The first kappa shape index (κ1) is 8.06. The van der Waals surface area contributed by atoms with Crippen molar-refractivity contribution in [1.82, 2.24) is 0 Å². The van der Waals surface area contributed by atoms with Crippen LogP contribution in [-0.4, -0.2) is 6.54 Å². The molecule has 2 N–H and O–H groups in total. The van der Waals surface area contributed by atoms with Crippen molar-refractivity contribution in [2.45, 2.75) is 40.0 Å². The molecule has 1 aliphatic carbocycles. The van der Waals surface area contributed by atoms with Gasteiger partial charge in [0.25, 0.3) is 0 Å². The Bertz CT molecular complexity index is 112. The average molecular weight is 141 g/mol. The standard InChI is InChI=1S/C9H19N/c1-8(2,3)9(7-10)5-4-6-9/h4-7,10H2,1-3H3. The number of hydrogen-bond donors (Lipinski definition) is 1. The van der Waals surface area contributed by atoms with Crippen molar-refractivity contribution in [3.8, 4) is 0 Å². The zero-order valence-electron chi connectivity index (χ0n) is 7.41. The molecular weight excluding hydrogens is 122 g/mol. The second-order valence-corrected chi connectivity index (χ2v) is 4.59. The van der Waals surface area contributed by atoms with Gasteiger partial charge in [-0.25, -0.2) is 0 Å². The second-order valence-electron chi connectivity index (χ2n) is 4.59. The van der Waals surface area contributed by atoms with Crippen LogP contribution in [0, 0.1) is 10.8 Å². The lowest BCUT2D eigenvalue weighted by Crippen LogP contribution is -2.47. The van der Waals surface area contributed by atoms with Crippen LogP contribution in [0.3, 0.4) is 0 Å². The van der Waals surface area contributed by atoms with Crippen LogP contribution in [-0.2, 0) is 0 Å². The Labute approximate surface area is 64.0 Å². The molecule has 0 aromatic carbocycles. The van der Waals surface area contributed by atoms with E-state index in [-0.39, 0.29) is 0 Å². The van der Waals surface area contributed by atoms with Gasteiger partial charge in [-0.1, -0.05) is 27.2 Å². The first-order valence-electron chi connectivity index (χ1n) is 4.22.